The fourth-order valence-electron chi connectivity index (χ4n) is 1.87. The van der Waals surface area contributed by atoms with Crippen molar-refractivity contribution in [1.82, 2.24) is 4.98 Å². The fraction of sp³-hybridized carbons (Fsp3) is 0.231. The summed E-state index contributed by atoms with van der Waals surface area (Å²) in [6, 6.07) is 12.3. The van der Waals surface area contributed by atoms with E-state index in [1.807, 2.05) is 30.3 Å². The highest BCUT2D eigenvalue weighted by Crippen LogP contribution is 2.26. The second kappa shape index (κ2) is 3.72. The van der Waals surface area contributed by atoms with E-state index < -0.39 is 0 Å². The van der Waals surface area contributed by atoms with Gasteiger partial charge in [0.25, 0.3) is 0 Å². The van der Waals surface area contributed by atoms with Crippen LogP contribution in [-0.2, 0) is 0 Å². The molecule has 1 aromatic heterocycles. The second-order valence-electron chi connectivity index (χ2n) is 4.34. The molecule has 1 aliphatic rings. The van der Waals surface area contributed by atoms with Gasteiger partial charge in [-0.25, -0.2) is 4.98 Å². The number of anilines is 1. The molecule has 2 unspecified atom stereocenters. The van der Waals surface area contributed by atoms with E-state index >= 15 is 0 Å². The minimum absolute atomic E-state index is 0.190. The van der Waals surface area contributed by atoms with Crippen LogP contribution >= 0.6 is 0 Å². The van der Waals surface area contributed by atoms with Gasteiger partial charge in [0.15, 0.2) is 0 Å². The van der Waals surface area contributed by atoms with Crippen molar-refractivity contribution in [3.05, 3.63) is 35.9 Å². The van der Waals surface area contributed by atoms with Gasteiger partial charge in [0, 0.05) is 17.5 Å². The summed E-state index contributed by atoms with van der Waals surface area (Å²) in [6.45, 7) is 0. The highest BCUT2D eigenvalue weighted by molar-refractivity contribution is 5.82. The van der Waals surface area contributed by atoms with Gasteiger partial charge in [-0.1, -0.05) is 18.2 Å². The zero-order chi connectivity index (χ0) is 11.8. The Morgan fingerprint density at radius 1 is 1.41 bits per heavy atom. The molecule has 1 saturated carbocycles. The standard InChI is InChI=1S/C13H12N4/c14-7-9-5-8-3-1-2-4-11(8)16-13(9)17-12-6-10(12)15/h1-5,10,12H,6,15H2,(H,16,17). The summed E-state index contributed by atoms with van der Waals surface area (Å²) in [6.07, 6.45) is 0.944. The highest BCUT2D eigenvalue weighted by atomic mass is 15.1. The molecule has 3 N–H and O–H groups in total. The van der Waals surface area contributed by atoms with E-state index in [1.54, 1.807) is 0 Å². The molecule has 84 valence electrons. The fourth-order valence-corrected chi connectivity index (χ4v) is 1.87. The summed E-state index contributed by atoms with van der Waals surface area (Å²) in [4.78, 5) is 4.47. The minimum Gasteiger partial charge on any atom is -0.365 e. The van der Waals surface area contributed by atoms with E-state index in [4.69, 9.17) is 11.0 Å². The van der Waals surface area contributed by atoms with Crippen LogP contribution in [0.3, 0.4) is 0 Å². The van der Waals surface area contributed by atoms with Crippen LogP contribution in [0.5, 0.6) is 0 Å². The molecule has 0 radical (unpaired) electrons. The van der Waals surface area contributed by atoms with E-state index in [2.05, 4.69) is 16.4 Å². The van der Waals surface area contributed by atoms with Crippen molar-refractivity contribution in [1.29, 1.82) is 5.26 Å². The van der Waals surface area contributed by atoms with E-state index in [0.29, 0.717) is 11.4 Å². The third kappa shape index (κ3) is 1.81. The predicted molar refractivity (Wildman–Crippen MR) is 66.5 cm³/mol. The molecule has 2 aromatic rings. The number of benzene rings is 1. The lowest BCUT2D eigenvalue weighted by Gasteiger charge is -2.07. The number of nitrogens with two attached hydrogens (primary N) is 1. The molecule has 1 fully saturated rings. The van der Waals surface area contributed by atoms with Gasteiger partial charge in [0.05, 0.1) is 11.1 Å². The molecule has 3 rings (SSSR count). The van der Waals surface area contributed by atoms with Crippen LogP contribution in [0.15, 0.2) is 30.3 Å². The Kier molecular flexibility index (Phi) is 2.20. The third-order valence-corrected chi connectivity index (χ3v) is 3.01. The van der Waals surface area contributed by atoms with Gasteiger partial charge in [0.1, 0.15) is 11.9 Å². The average Bonchev–Trinajstić information content (AvgIpc) is 3.04. The lowest BCUT2D eigenvalue weighted by atomic mass is 10.1. The van der Waals surface area contributed by atoms with Gasteiger partial charge in [-0.2, -0.15) is 5.26 Å². The van der Waals surface area contributed by atoms with E-state index in [9.17, 15) is 0 Å². The molecule has 0 aliphatic heterocycles. The first-order valence-electron chi connectivity index (χ1n) is 5.60. The van der Waals surface area contributed by atoms with Gasteiger partial charge in [-0.15, -0.1) is 0 Å². The van der Waals surface area contributed by atoms with Gasteiger partial charge in [0.2, 0.25) is 0 Å². The number of pyridine rings is 1. The van der Waals surface area contributed by atoms with Crippen molar-refractivity contribution in [3.8, 4) is 6.07 Å². The number of fused-ring (bicyclic) bond motifs is 1. The Labute approximate surface area is 99.1 Å². The third-order valence-electron chi connectivity index (χ3n) is 3.01. The highest BCUT2D eigenvalue weighted by Gasteiger charge is 2.34. The molecule has 0 spiro atoms. The van der Waals surface area contributed by atoms with Crippen LogP contribution in [-0.4, -0.2) is 17.1 Å². The number of nitriles is 1. The van der Waals surface area contributed by atoms with E-state index in [-0.39, 0.29) is 12.1 Å². The zero-order valence-electron chi connectivity index (χ0n) is 9.22. The van der Waals surface area contributed by atoms with Crippen LogP contribution in [0.4, 0.5) is 5.82 Å². The number of rotatable bonds is 2. The molecule has 4 heteroatoms. The van der Waals surface area contributed by atoms with Crippen molar-refractivity contribution in [2.24, 2.45) is 5.73 Å². The van der Waals surface area contributed by atoms with Crippen molar-refractivity contribution in [2.75, 3.05) is 5.32 Å². The lowest BCUT2D eigenvalue weighted by Crippen LogP contribution is -2.14. The zero-order valence-corrected chi connectivity index (χ0v) is 9.22. The normalized spacial score (nSPS) is 22.1. The summed E-state index contributed by atoms with van der Waals surface area (Å²) in [5.41, 5.74) is 7.21. The maximum atomic E-state index is 9.12. The number of hydrogen-bond donors (Lipinski definition) is 2. The van der Waals surface area contributed by atoms with Crippen LogP contribution in [0, 0.1) is 11.3 Å². The minimum atomic E-state index is 0.190. The molecule has 0 saturated heterocycles. The van der Waals surface area contributed by atoms with Crippen molar-refractivity contribution < 1.29 is 0 Å². The van der Waals surface area contributed by atoms with Gasteiger partial charge >= 0.3 is 0 Å². The Balaban J connectivity index is 2.06. The summed E-state index contributed by atoms with van der Waals surface area (Å²) in [5.74, 6) is 0.643. The summed E-state index contributed by atoms with van der Waals surface area (Å²) in [5, 5.41) is 13.3. The molecule has 17 heavy (non-hydrogen) atoms. The number of para-hydroxylation sites is 1. The lowest BCUT2D eigenvalue weighted by molar-refractivity contribution is 0.997. The number of aromatic nitrogens is 1. The number of hydrogen-bond acceptors (Lipinski definition) is 4. The number of nitrogens with one attached hydrogen (secondary N) is 1. The maximum Gasteiger partial charge on any atom is 0.144 e. The Morgan fingerprint density at radius 2 is 2.18 bits per heavy atom. The van der Waals surface area contributed by atoms with Crippen LogP contribution < -0.4 is 11.1 Å². The topological polar surface area (TPSA) is 74.7 Å². The molecule has 0 bridgehead atoms. The monoisotopic (exact) mass is 224 g/mol. The van der Waals surface area contributed by atoms with Crippen LogP contribution in [0.1, 0.15) is 12.0 Å². The largest absolute Gasteiger partial charge is 0.365 e. The molecule has 4 nitrogen and oxygen atoms in total. The van der Waals surface area contributed by atoms with Crippen molar-refractivity contribution >= 4 is 16.7 Å². The molecular formula is C13H12N4. The van der Waals surface area contributed by atoms with Gasteiger partial charge in [-0.3, -0.25) is 0 Å². The first kappa shape index (κ1) is 10.1. The summed E-state index contributed by atoms with van der Waals surface area (Å²) < 4.78 is 0. The van der Waals surface area contributed by atoms with E-state index in [1.165, 1.54) is 0 Å². The maximum absolute atomic E-state index is 9.12. The second-order valence-corrected chi connectivity index (χ2v) is 4.34. The van der Waals surface area contributed by atoms with Crippen LogP contribution in [0.2, 0.25) is 0 Å². The first-order valence-corrected chi connectivity index (χ1v) is 5.60. The van der Waals surface area contributed by atoms with Crippen LogP contribution in [0.25, 0.3) is 10.9 Å². The Bertz CT molecular complexity index is 614. The predicted octanol–water partition coefficient (Wildman–Crippen LogP) is 1.62. The quantitative estimate of drug-likeness (QED) is 0.812. The smallest absolute Gasteiger partial charge is 0.144 e. The molecule has 0 amide bonds. The summed E-state index contributed by atoms with van der Waals surface area (Å²) in [7, 11) is 0. The molecule has 1 aromatic carbocycles. The SMILES string of the molecule is N#Cc1cc2ccccc2nc1NC1CC1N. The average molecular weight is 224 g/mol. The molecule has 2 atom stereocenters. The van der Waals surface area contributed by atoms with Gasteiger partial charge < -0.3 is 11.1 Å². The molecular weight excluding hydrogens is 212 g/mol. The van der Waals surface area contributed by atoms with E-state index in [0.717, 1.165) is 17.3 Å². The first-order chi connectivity index (χ1) is 8.28. The Morgan fingerprint density at radius 3 is 2.88 bits per heavy atom. The van der Waals surface area contributed by atoms with Gasteiger partial charge in [-0.05, 0) is 18.6 Å². The summed E-state index contributed by atoms with van der Waals surface area (Å²) >= 11 is 0. The van der Waals surface area contributed by atoms with Crippen molar-refractivity contribution in [3.63, 3.8) is 0 Å². The number of nitrogens with zero attached hydrogens (tertiary/aromatic N) is 2. The Hall–Kier alpha value is -2.12. The molecule has 1 heterocycles. The molecule has 1 aliphatic carbocycles. The van der Waals surface area contributed by atoms with Crippen molar-refractivity contribution in [2.45, 2.75) is 18.5 Å².